The van der Waals surface area contributed by atoms with E-state index in [1.807, 2.05) is 32.0 Å². The average molecular weight is 220 g/mol. The van der Waals surface area contributed by atoms with Gasteiger partial charge in [0.15, 0.2) is 0 Å². The molecule has 0 unspecified atom stereocenters. The predicted octanol–water partition coefficient (Wildman–Crippen LogP) is 2.58. The van der Waals surface area contributed by atoms with Crippen LogP contribution in [-0.2, 0) is 9.53 Å². The molecule has 86 valence electrons. The van der Waals surface area contributed by atoms with Crippen molar-refractivity contribution in [3.05, 3.63) is 35.4 Å². The largest absolute Gasteiger partial charge is 0.496 e. The Morgan fingerprint density at radius 2 is 2.00 bits per heavy atom. The molecule has 3 heteroatoms. The number of carbonyl (C=O) groups is 1. The summed E-state index contributed by atoms with van der Waals surface area (Å²) in [6.45, 7) is 3.84. The van der Waals surface area contributed by atoms with Gasteiger partial charge in [-0.15, -0.1) is 0 Å². The van der Waals surface area contributed by atoms with Crippen molar-refractivity contribution < 1.29 is 14.3 Å². The summed E-state index contributed by atoms with van der Waals surface area (Å²) in [5, 5.41) is 0. The lowest BCUT2D eigenvalue weighted by Gasteiger charge is -2.09. The molecule has 0 aliphatic carbocycles. The van der Waals surface area contributed by atoms with E-state index in [0.29, 0.717) is 0 Å². The van der Waals surface area contributed by atoms with E-state index in [2.05, 4.69) is 4.74 Å². The van der Waals surface area contributed by atoms with E-state index >= 15 is 0 Å². The van der Waals surface area contributed by atoms with Gasteiger partial charge < -0.3 is 9.47 Å². The van der Waals surface area contributed by atoms with Crippen molar-refractivity contribution in [2.24, 2.45) is 0 Å². The van der Waals surface area contributed by atoms with Crippen LogP contribution in [0.25, 0.3) is 5.57 Å². The van der Waals surface area contributed by atoms with Crippen LogP contribution in [0.5, 0.6) is 5.75 Å². The quantitative estimate of drug-likeness (QED) is 0.580. The molecular weight excluding hydrogens is 204 g/mol. The van der Waals surface area contributed by atoms with Crippen LogP contribution < -0.4 is 4.74 Å². The number of rotatable bonds is 3. The van der Waals surface area contributed by atoms with Crippen LogP contribution in [0.1, 0.15) is 18.1 Å². The Kier molecular flexibility index (Phi) is 4.11. The van der Waals surface area contributed by atoms with Gasteiger partial charge in [-0.1, -0.05) is 12.1 Å². The van der Waals surface area contributed by atoms with Crippen molar-refractivity contribution in [2.45, 2.75) is 13.8 Å². The molecule has 1 aromatic rings. The molecule has 3 nitrogen and oxygen atoms in total. The number of carbonyl (C=O) groups excluding carboxylic acids is 1. The number of hydrogen-bond donors (Lipinski definition) is 0. The Morgan fingerprint density at radius 3 is 2.56 bits per heavy atom. The molecule has 0 amide bonds. The first-order chi connectivity index (χ1) is 7.58. The highest BCUT2D eigenvalue weighted by Gasteiger charge is 2.06. The molecule has 0 radical (unpaired) electrons. The molecular formula is C13H16O3. The predicted molar refractivity (Wildman–Crippen MR) is 63.4 cm³/mol. The SMILES string of the molecule is COC(=O)/C=C(\C)c1ccc(C)cc1OC. The number of allylic oxidation sites excluding steroid dienone is 1. The monoisotopic (exact) mass is 220 g/mol. The molecule has 0 bridgehead atoms. The third-order valence-corrected chi connectivity index (χ3v) is 2.32. The number of hydrogen-bond acceptors (Lipinski definition) is 3. The van der Waals surface area contributed by atoms with E-state index in [0.717, 1.165) is 22.4 Å². The fourth-order valence-electron chi connectivity index (χ4n) is 1.44. The molecule has 0 N–H and O–H groups in total. The van der Waals surface area contributed by atoms with E-state index in [4.69, 9.17) is 4.74 Å². The summed E-state index contributed by atoms with van der Waals surface area (Å²) >= 11 is 0. The molecule has 0 spiro atoms. The lowest BCUT2D eigenvalue weighted by Crippen LogP contribution is -1.97. The third kappa shape index (κ3) is 2.86. The third-order valence-electron chi connectivity index (χ3n) is 2.32. The molecule has 0 atom stereocenters. The molecule has 0 saturated carbocycles. The zero-order valence-electron chi connectivity index (χ0n) is 10.0. The van der Waals surface area contributed by atoms with Gasteiger partial charge in [-0.05, 0) is 31.1 Å². The second-order valence-electron chi connectivity index (χ2n) is 3.55. The summed E-state index contributed by atoms with van der Waals surface area (Å²) in [7, 11) is 2.97. The minimum absolute atomic E-state index is 0.361. The second-order valence-corrected chi connectivity index (χ2v) is 3.55. The van der Waals surface area contributed by atoms with E-state index < -0.39 is 0 Å². The first-order valence-electron chi connectivity index (χ1n) is 4.99. The first kappa shape index (κ1) is 12.3. The van der Waals surface area contributed by atoms with Crippen molar-refractivity contribution in [1.29, 1.82) is 0 Å². The topological polar surface area (TPSA) is 35.5 Å². The number of methoxy groups -OCH3 is 2. The van der Waals surface area contributed by atoms with Crippen molar-refractivity contribution in [1.82, 2.24) is 0 Å². The molecule has 0 heterocycles. The number of ether oxygens (including phenoxy) is 2. The Balaban J connectivity index is 3.12. The number of esters is 1. The molecule has 0 fully saturated rings. The maximum absolute atomic E-state index is 11.1. The number of aryl methyl sites for hydroxylation is 1. The van der Waals surface area contributed by atoms with Gasteiger partial charge in [0, 0.05) is 11.6 Å². The highest BCUT2D eigenvalue weighted by atomic mass is 16.5. The standard InChI is InChI=1S/C13H16O3/c1-9-5-6-11(12(7-9)15-3)10(2)8-13(14)16-4/h5-8H,1-4H3/b10-8+. The van der Waals surface area contributed by atoms with Crippen LogP contribution in [0.3, 0.4) is 0 Å². The van der Waals surface area contributed by atoms with Crippen LogP contribution in [-0.4, -0.2) is 20.2 Å². The van der Waals surface area contributed by atoms with Crippen LogP contribution >= 0.6 is 0 Å². The van der Waals surface area contributed by atoms with E-state index in [1.54, 1.807) is 7.11 Å². The van der Waals surface area contributed by atoms with Crippen LogP contribution in [0.15, 0.2) is 24.3 Å². The Labute approximate surface area is 95.7 Å². The van der Waals surface area contributed by atoms with E-state index in [-0.39, 0.29) is 5.97 Å². The van der Waals surface area contributed by atoms with Gasteiger partial charge in [-0.2, -0.15) is 0 Å². The summed E-state index contributed by atoms with van der Waals surface area (Å²) in [4.78, 5) is 11.1. The summed E-state index contributed by atoms with van der Waals surface area (Å²) in [5.74, 6) is 0.401. The van der Waals surface area contributed by atoms with Gasteiger partial charge in [0.05, 0.1) is 14.2 Å². The Hall–Kier alpha value is -1.77. The molecule has 16 heavy (non-hydrogen) atoms. The van der Waals surface area contributed by atoms with Gasteiger partial charge in [-0.25, -0.2) is 4.79 Å². The zero-order valence-corrected chi connectivity index (χ0v) is 10.0. The van der Waals surface area contributed by atoms with E-state index in [1.165, 1.54) is 13.2 Å². The van der Waals surface area contributed by atoms with Crippen molar-refractivity contribution >= 4 is 11.5 Å². The fourth-order valence-corrected chi connectivity index (χ4v) is 1.44. The van der Waals surface area contributed by atoms with Crippen molar-refractivity contribution in [3.63, 3.8) is 0 Å². The van der Waals surface area contributed by atoms with Gasteiger partial charge in [0.1, 0.15) is 5.75 Å². The van der Waals surface area contributed by atoms with Gasteiger partial charge in [0.25, 0.3) is 0 Å². The lowest BCUT2D eigenvalue weighted by molar-refractivity contribution is -0.134. The lowest BCUT2D eigenvalue weighted by atomic mass is 10.0. The first-order valence-corrected chi connectivity index (χ1v) is 4.99. The van der Waals surface area contributed by atoms with Crippen molar-refractivity contribution in [2.75, 3.05) is 14.2 Å². The van der Waals surface area contributed by atoms with Gasteiger partial charge >= 0.3 is 5.97 Å². The highest BCUT2D eigenvalue weighted by Crippen LogP contribution is 2.26. The van der Waals surface area contributed by atoms with Crippen LogP contribution in [0.2, 0.25) is 0 Å². The molecule has 0 aliphatic heterocycles. The highest BCUT2D eigenvalue weighted by molar-refractivity contribution is 5.91. The van der Waals surface area contributed by atoms with Gasteiger partial charge in [0.2, 0.25) is 0 Å². The smallest absolute Gasteiger partial charge is 0.330 e. The Bertz CT molecular complexity index is 419. The normalized spacial score (nSPS) is 11.1. The second kappa shape index (κ2) is 5.35. The van der Waals surface area contributed by atoms with E-state index in [9.17, 15) is 4.79 Å². The molecule has 1 rings (SSSR count). The molecule has 0 aliphatic rings. The number of benzene rings is 1. The fraction of sp³-hybridized carbons (Fsp3) is 0.308. The van der Waals surface area contributed by atoms with Crippen molar-refractivity contribution in [3.8, 4) is 5.75 Å². The zero-order chi connectivity index (χ0) is 12.1. The minimum atomic E-state index is -0.361. The summed E-state index contributed by atoms with van der Waals surface area (Å²) in [5.41, 5.74) is 2.84. The summed E-state index contributed by atoms with van der Waals surface area (Å²) < 4.78 is 9.85. The van der Waals surface area contributed by atoms with Gasteiger partial charge in [-0.3, -0.25) is 0 Å². The molecule has 1 aromatic carbocycles. The van der Waals surface area contributed by atoms with Crippen LogP contribution in [0.4, 0.5) is 0 Å². The molecule has 0 aromatic heterocycles. The minimum Gasteiger partial charge on any atom is -0.496 e. The maximum Gasteiger partial charge on any atom is 0.330 e. The maximum atomic E-state index is 11.1. The molecule has 0 saturated heterocycles. The summed E-state index contributed by atoms with van der Waals surface area (Å²) in [6, 6.07) is 5.85. The summed E-state index contributed by atoms with van der Waals surface area (Å²) in [6.07, 6.45) is 1.45. The Morgan fingerprint density at radius 1 is 1.31 bits per heavy atom. The van der Waals surface area contributed by atoms with Crippen LogP contribution in [0, 0.1) is 6.92 Å². The average Bonchev–Trinajstić information content (AvgIpc) is 2.28.